The minimum absolute atomic E-state index is 0.0299. The van der Waals surface area contributed by atoms with Gasteiger partial charge in [-0.3, -0.25) is 14.6 Å². The standard InChI is InChI=1S/C31H35F6N5O3/c32-30(33,34)24-16-22(17-25(19-24)31(35,36)37)29(43)42-10-9-41(8-6-39-45-13-3-7-40-11-14-44-15-12-40)21-26(42)18-23-20-38-28-5-2-1-4-27(23)28/h1-2,4-6,16-17,19-20,26,38H,3,7-15,18,21H2/t26-/m1/s1. The molecule has 14 heteroatoms. The Morgan fingerprint density at radius 3 is 2.40 bits per heavy atom. The lowest BCUT2D eigenvalue weighted by molar-refractivity contribution is -0.143. The van der Waals surface area contributed by atoms with Gasteiger partial charge in [0.05, 0.1) is 30.6 Å². The fraction of sp³-hybridized carbons (Fsp3) is 0.484. The summed E-state index contributed by atoms with van der Waals surface area (Å²) in [6, 6.07) is 8.04. The first-order valence-electron chi connectivity index (χ1n) is 14.8. The number of nitrogens with zero attached hydrogens (tertiary/aromatic N) is 4. The number of aromatic amines is 1. The smallest absolute Gasteiger partial charge is 0.396 e. The van der Waals surface area contributed by atoms with E-state index in [1.54, 1.807) is 6.21 Å². The summed E-state index contributed by atoms with van der Waals surface area (Å²) in [7, 11) is 0. The molecule has 45 heavy (non-hydrogen) atoms. The van der Waals surface area contributed by atoms with E-state index < -0.39 is 41.0 Å². The van der Waals surface area contributed by atoms with Crippen LogP contribution < -0.4 is 0 Å². The second-order valence-electron chi connectivity index (χ2n) is 11.2. The van der Waals surface area contributed by atoms with Gasteiger partial charge in [0.15, 0.2) is 0 Å². The van der Waals surface area contributed by atoms with Gasteiger partial charge in [-0.1, -0.05) is 23.4 Å². The molecule has 3 aromatic rings. The minimum Gasteiger partial charge on any atom is -0.396 e. The van der Waals surface area contributed by atoms with Crippen molar-refractivity contribution in [2.24, 2.45) is 5.16 Å². The van der Waals surface area contributed by atoms with E-state index in [1.165, 1.54) is 4.90 Å². The zero-order chi connectivity index (χ0) is 32.0. The number of piperazine rings is 1. The third-order valence-corrected chi connectivity index (χ3v) is 8.10. The molecule has 2 aromatic carbocycles. The number of carbonyl (C=O) groups excluding carboxylic acids is 1. The lowest BCUT2D eigenvalue weighted by atomic mass is 9.98. The molecule has 2 aliphatic rings. The number of benzene rings is 2. The molecule has 0 radical (unpaired) electrons. The first-order chi connectivity index (χ1) is 21.5. The average Bonchev–Trinajstić information content (AvgIpc) is 3.42. The highest BCUT2D eigenvalue weighted by Crippen LogP contribution is 2.37. The Hall–Kier alpha value is -3.62. The van der Waals surface area contributed by atoms with E-state index in [0.29, 0.717) is 44.8 Å². The van der Waals surface area contributed by atoms with Crippen LogP contribution in [0.25, 0.3) is 10.9 Å². The van der Waals surface area contributed by atoms with Crippen LogP contribution in [0.15, 0.2) is 53.8 Å². The first kappa shape index (κ1) is 32.8. The summed E-state index contributed by atoms with van der Waals surface area (Å²) in [5.74, 6) is -0.881. The Morgan fingerprint density at radius 2 is 1.69 bits per heavy atom. The number of morpholine rings is 1. The molecule has 1 N–H and O–H groups in total. The molecule has 1 aromatic heterocycles. The number of aromatic nitrogens is 1. The fourth-order valence-corrected chi connectivity index (χ4v) is 5.76. The van der Waals surface area contributed by atoms with Crippen LogP contribution in [0, 0.1) is 0 Å². The highest BCUT2D eigenvalue weighted by Gasteiger charge is 2.39. The van der Waals surface area contributed by atoms with Crippen molar-refractivity contribution in [2.45, 2.75) is 31.2 Å². The SMILES string of the molecule is O=C(c1cc(C(F)(F)F)cc(C(F)(F)F)c1)N1CCN(CC=NOCCCN2CCOCC2)C[C@H]1Cc1c[nH]c2ccccc12. The zero-order valence-electron chi connectivity index (χ0n) is 24.5. The van der Waals surface area contributed by atoms with Gasteiger partial charge in [0.2, 0.25) is 0 Å². The number of para-hydroxylation sites is 1. The molecule has 0 spiro atoms. The molecule has 0 unspecified atom stereocenters. The van der Waals surface area contributed by atoms with Crippen molar-refractivity contribution < 1.29 is 40.7 Å². The molecule has 1 atom stereocenters. The van der Waals surface area contributed by atoms with E-state index in [9.17, 15) is 31.1 Å². The third kappa shape index (κ3) is 8.56. The van der Waals surface area contributed by atoms with Crippen LogP contribution in [-0.2, 0) is 28.3 Å². The van der Waals surface area contributed by atoms with Crippen LogP contribution >= 0.6 is 0 Å². The maximum absolute atomic E-state index is 13.7. The van der Waals surface area contributed by atoms with Crippen LogP contribution in [0.1, 0.15) is 33.5 Å². The number of hydrogen-bond donors (Lipinski definition) is 1. The molecule has 2 fully saturated rings. The topological polar surface area (TPSA) is 73.4 Å². The predicted molar refractivity (Wildman–Crippen MR) is 156 cm³/mol. The van der Waals surface area contributed by atoms with Crippen molar-refractivity contribution in [3.63, 3.8) is 0 Å². The van der Waals surface area contributed by atoms with E-state index in [1.807, 2.05) is 35.4 Å². The van der Waals surface area contributed by atoms with Gasteiger partial charge in [-0.15, -0.1) is 0 Å². The van der Waals surface area contributed by atoms with E-state index in [-0.39, 0.29) is 12.6 Å². The molecular weight excluding hydrogens is 604 g/mol. The monoisotopic (exact) mass is 639 g/mol. The number of carbonyl (C=O) groups is 1. The molecule has 3 heterocycles. The number of H-pyrrole nitrogens is 1. The third-order valence-electron chi connectivity index (χ3n) is 8.10. The van der Waals surface area contributed by atoms with Crippen LogP contribution in [0.2, 0.25) is 0 Å². The fourth-order valence-electron chi connectivity index (χ4n) is 5.76. The minimum atomic E-state index is -5.05. The summed E-state index contributed by atoms with van der Waals surface area (Å²) in [5, 5.41) is 4.97. The second-order valence-corrected chi connectivity index (χ2v) is 11.2. The molecule has 5 rings (SSSR count). The van der Waals surface area contributed by atoms with Gasteiger partial charge < -0.3 is 19.5 Å². The van der Waals surface area contributed by atoms with Crippen LogP contribution in [0.3, 0.4) is 0 Å². The summed E-state index contributed by atoms with van der Waals surface area (Å²) in [6.07, 6.45) is -5.52. The lowest BCUT2D eigenvalue weighted by Crippen LogP contribution is -2.56. The van der Waals surface area contributed by atoms with Crippen LogP contribution in [0.4, 0.5) is 26.3 Å². The maximum atomic E-state index is 13.7. The summed E-state index contributed by atoms with van der Waals surface area (Å²) in [4.78, 5) is 27.9. The van der Waals surface area contributed by atoms with Gasteiger partial charge in [0.1, 0.15) is 6.61 Å². The number of hydrogen-bond acceptors (Lipinski definition) is 6. The molecule has 0 saturated carbocycles. The normalized spacial score (nSPS) is 19.1. The molecular formula is C31H35F6N5O3. The second kappa shape index (κ2) is 14.2. The Morgan fingerprint density at radius 1 is 0.978 bits per heavy atom. The largest absolute Gasteiger partial charge is 0.416 e. The van der Waals surface area contributed by atoms with Crippen molar-refractivity contribution in [3.8, 4) is 0 Å². The summed E-state index contributed by atoms with van der Waals surface area (Å²) >= 11 is 0. The Labute approximate surface area is 256 Å². The van der Waals surface area contributed by atoms with Crippen molar-refractivity contribution in [2.75, 3.05) is 65.6 Å². The molecule has 1 amide bonds. The molecule has 8 nitrogen and oxygen atoms in total. The summed E-state index contributed by atoms with van der Waals surface area (Å²) in [6.45, 7) is 5.79. The average molecular weight is 640 g/mol. The highest BCUT2D eigenvalue weighted by atomic mass is 19.4. The number of amides is 1. The predicted octanol–water partition coefficient (Wildman–Crippen LogP) is 5.30. The van der Waals surface area contributed by atoms with E-state index in [4.69, 9.17) is 9.57 Å². The first-order valence-corrected chi connectivity index (χ1v) is 14.8. The number of ether oxygens (including phenoxy) is 1. The number of nitrogens with one attached hydrogen (secondary N) is 1. The number of halogens is 6. The highest BCUT2D eigenvalue weighted by molar-refractivity contribution is 5.95. The Bertz CT molecular complexity index is 1440. The molecule has 0 aliphatic carbocycles. The number of rotatable bonds is 10. The molecule has 0 bridgehead atoms. The van der Waals surface area contributed by atoms with Gasteiger partial charge in [0.25, 0.3) is 5.91 Å². The number of oxime groups is 1. The molecule has 2 aliphatic heterocycles. The van der Waals surface area contributed by atoms with Crippen molar-refractivity contribution in [3.05, 3.63) is 70.9 Å². The van der Waals surface area contributed by atoms with Crippen molar-refractivity contribution in [1.29, 1.82) is 0 Å². The molecule has 2 saturated heterocycles. The van der Waals surface area contributed by atoms with Crippen molar-refractivity contribution >= 4 is 23.0 Å². The summed E-state index contributed by atoms with van der Waals surface area (Å²) < 4.78 is 86.6. The van der Waals surface area contributed by atoms with Gasteiger partial charge in [-0.2, -0.15) is 26.3 Å². The quantitative estimate of drug-likeness (QED) is 0.141. The molecule has 244 valence electrons. The van der Waals surface area contributed by atoms with Gasteiger partial charge in [-0.25, -0.2) is 0 Å². The number of alkyl halides is 6. The summed E-state index contributed by atoms with van der Waals surface area (Å²) in [5.41, 5.74) is -1.93. The van der Waals surface area contributed by atoms with Crippen LogP contribution in [-0.4, -0.2) is 103 Å². The van der Waals surface area contributed by atoms with Crippen molar-refractivity contribution in [1.82, 2.24) is 19.7 Å². The van der Waals surface area contributed by atoms with E-state index in [0.717, 1.165) is 55.7 Å². The van der Waals surface area contributed by atoms with Gasteiger partial charge >= 0.3 is 12.4 Å². The number of fused-ring (bicyclic) bond motifs is 1. The maximum Gasteiger partial charge on any atom is 0.416 e. The van der Waals surface area contributed by atoms with E-state index >= 15 is 0 Å². The van der Waals surface area contributed by atoms with Crippen LogP contribution in [0.5, 0.6) is 0 Å². The van der Waals surface area contributed by atoms with E-state index in [2.05, 4.69) is 15.0 Å². The Balaban J connectivity index is 1.29. The zero-order valence-corrected chi connectivity index (χ0v) is 24.5. The van der Waals surface area contributed by atoms with Gasteiger partial charge in [0, 0.05) is 74.5 Å². The lowest BCUT2D eigenvalue weighted by Gasteiger charge is -2.41. The van der Waals surface area contributed by atoms with Gasteiger partial charge in [-0.05, 0) is 42.7 Å². The Kier molecular flexibility index (Phi) is 10.3.